The molecule has 162 valence electrons. The number of aryl methyl sites for hydroxylation is 1. The Morgan fingerprint density at radius 2 is 1.68 bits per heavy atom. The van der Waals surface area contributed by atoms with Crippen LogP contribution in [-0.2, 0) is 6.54 Å². The fourth-order valence-corrected chi connectivity index (χ4v) is 3.59. The second kappa shape index (κ2) is 10.1. The summed E-state index contributed by atoms with van der Waals surface area (Å²) in [7, 11) is 0. The molecule has 9 heteroatoms. The monoisotopic (exact) mass is 423 g/mol. The maximum Gasteiger partial charge on any atom is 0.255 e. The van der Waals surface area contributed by atoms with E-state index in [2.05, 4.69) is 30.2 Å². The molecule has 0 aliphatic carbocycles. The molecular formula is C22H26FN7O. The molecule has 1 fully saturated rings. The number of anilines is 2. The number of amides is 1. The van der Waals surface area contributed by atoms with Crippen LogP contribution in [0.1, 0.15) is 23.2 Å². The lowest BCUT2D eigenvalue weighted by Crippen LogP contribution is -2.47. The summed E-state index contributed by atoms with van der Waals surface area (Å²) in [6, 6.07) is 9.14. The summed E-state index contributed by atoms with van der Waals surface area (Å²) in [5.41, 5.74) is 1.33. The minimum Gasteiger partial charge on any atom is -0.338 e. The Labute approximate surface area is 180 Å². The third-order valence-electron chi connectivity index (χ3n) is 5.30. The fraction of sp³-hybridized carbons (Fsp3) is 0.364. The van der Waals surface area contributed by atoms with E-state index in [9.17, 15) is 9.18 Å². The molecule has 1 aliphatic rings. The van der Waals surface area contributed by atoms with E-state index in [1.807, 2.05) is 29.1 Å². The highest BCUT2D eigenvalue weighted by molar-refractivity contribution is 6.04. The molecule has 2 aromatic heterocycles. The lowest BCUT2D eigenvalue weighted by molar-refractivity contribution is 0.102. The third-order valence-corrected chi connectivity index (χ3v) is 5.30. The Hall–Kier alpha value is -3.33. The predicted octanol–water partition coefficient (Wildman–Crippen LogP) is 2.67. The van der Waals surface area contributed by atoms with Crippen LogP contribution in [0.2, 0.25) is 0 Å². The summed E-state index contributed by atoms with van der Waals surface area (Å²) in [6.07, 6.45) is 8.04. The van der Waals surface area contributed by atoms with E-state index < -0.39 is 5.82 Å². The maximum absolute atomic E-state index is 13.0. The highest BCUT2D eigenvalue weighted by Gasteiger charge is 2.18. The van der Waals surface area contributed by atoms with E-state index in [1.165, 1.54) is 12.4 Å². The van der Waals surface area contributed by atoms with Gasteiger partial charge in [0.2, 0.25) is 5.95 Å². The van der Waals surface area contributed by atoms with Gasteiger partial charge in [0, 0.05) is 44.5 Å². The predicted molar refractivity (Wildman–Crippen MR) is 116 cm³/mol. The number of carbonyl (C=O) groups is 1. The second-order valence-corrected chi connectivity index (χ2v) is 7.55. The molecule has 0 saturated carbocycles. The fourth-order valence-electron chi connectivity index (χ4n) is 3.59. The number of nitrogens with one attached hydrogen (secondary N) is 1. The van der Waals surface area contributed by atoms with Crippen molar-refractivity contribution >= 4 is 17.5 Å². The number of hydrogen-bond acceptors (Lipinski definition) is 6. The van der Waals surface area contributed by atoms with Crippen molar-refractivity contribution in [1.82, 2.24) is 24.6 Å². The Balaban J connectivity index is 1.14. The van der Waals surface area contributed by atoms with Crippen LogP contribution in [-0.4, -0.2) is 63.3 Å². The van der Waals surface area contributed by atoms with E-state index in [1.54, 1.807) is 18.3 Å². The Morgan fingerprint density at radius 3 is 2.42 bits per heavy atom. The van der Waals surface area contributed by atoms with Gasteiger partial charge in [-0.05, 0) is 31.5 Å². The third kappa shape index (κ3) is 5.85. The van der Waals surface area contributed by atoms with Gasteiger partial charge in [-0.1, -0.05) is 18.2 Å². The van der Waals surface area contributed by atoms with Gasteiger partial charge in [-0.25, -0.2) is 14.4 Å². The zero-order valence-electron chi connectivity index (χ0n) is 17.3. The van der Waals surface area contributed by atoms with Crippen molar-refractivity contribution in [2.24, 2.45) is 0 Å². The topological polar surface area (TPSA) is 79.2 Å². The van der Waals surface area contributed by atoms with Gasteiger partial charge in [-0.15, -0.1) is 0 Å². The number of halogens is 1. The number of hydrogen-bond donors (Lipinski definition) is 1. The number of aromatic nitrogens is 4. The molecule has 1 aromatic carbocycles. The zero-order valence-corrected chi connectivity index (χ0v) is 17.3. The van der Waals surface area contributed by atoms with Crippen LogP contribution in [0, 0.1) is 5.82 Å². The molecule has 8 nitrogen and oxygen atoms in total. The average Bonchev–Trinajstić information content (AvgIpc) is 3.25. The van der Waals surface area contributed by atoms with Gasteiger partial charge in [0.1, 0.15) is 0 Å². The first kappa shape index (κ1) is 20.9. The Morgan fingerprint density at radius 1 is 0.968 bits per heavy atom. The average molecular weight is 423 g/mol. The van der Waals surface area contributed by atoms with E-state index in [0.29, 0.717) is 17.2 Å². The zero-order chi connectivity index (χ0) is 21.5. The Kier molecular flexibility index (Phi) is 6.83. The van der Waals surface area contributed by atoms with Crippen LogP contribution >= 0.6 is 0 Å². The lowest BCUT2D eigenvalue weighted by Gasteiger charge is -2.34. The first-order valence-corrected chi connectivity index (χ1v) is 10.5. The number of rotatable bonds is 8. The van der Waals surface area contributed by atoms with Gasteiger partial charge < -0.3 is 10.2 Å². The summed E-state index contributed by atoms with van der Waals surface area (Å²) < 4.78 is 14.8. The first-order valence-electron chi connectivity index (χ1n) is 10.5. The van der Waals surface area contributed by atoms with Crippen molar-refractivity contribution in [2.75, 3.05) is 42.9 Å². The Bertz CT molecular complexity index is 969. The molecule has 1 saturated heterocycles. The van der Waals surface area contributed by atoms with Crippen LogP contribution < -0.4 is 10.2 Å². The second-order valence-electron chi connectivity index (χ2n) is 7.55. The first-order chi connectivity index (χ1) is 15.2. The minimum absolute atomic E-state index is 0.134. The number of unbranched alkanes of at least 4 members (excludes halogenated alkanes) is 1. The molecule has 0 radical (unpaired) electrons. The van der Waals surface area contributed by atoms with Crippen molar-refractivity contribution in [3.8, 4) is 0 Å². The molecule has 0 unspecified atom stereocenters. The lowest BCUT2D eigenvalue weighted by atomic mass is 10.2. The van der Waals surface area contributed by atoms with Gasteiger partial charge in [0.25, 0.3) is 5.91 Å². The summed E-state index contributed by atoms with van der Waals surface area (Å²) >= 11 is 0. The van der Waals surface area contributed by atoms with Crippen LogP contribution in [0.5, 0.6) is 0 Å². The molecule has 3 aromatic rings. The SMILES string of the molecule is O=C(Nc1cnn(CCCCN2CCN(c3ncc(F)cn3)CC2)c1)c1ccccc1. The van der Waals surface area contributed by atoms with Gasteiger partial charge in [0.05, 0.1) is 24.3 Å². The van der Waals surface area contributed by atoms with Gasteiger partial charge in [-0.2, -0.15) is 5.10 Å². The van der Waals surface area contributed by atoms with Gasteiger partial charge in [0.15, 0.2) is 5.82 Å². The van der Waals surface area contributed by atoms with E-state index >= 15 is 0 Å². The quantitative estimate of drug-likeness (QED) is 0.561. The molecule has 4 rings (SSSR count). The van der Waals surface area contributed by atoms with Gasteiger partial charge in [-0.3, -0.25) is 14.4 Å². The van der Waals surface area contributed by atoms with Gasteiger partial charge >= 0.3 is 0 Å². The molecular weight excluding hydrogens is 397 g/mol. The summed E-state index contributed by atoms with van der Waals surface area (Å²) in [4.78, 5) is 24.8. The highest BCUT2D eigenvalue weighted by Crippen LogP contribution is 2.12. The van der Waals surface area contributed by atoms with Crippen LogP contribution in [0.4, 0.5) is 16.0 Å². The molecule has 1 N–H and O–H groups in total. The van der Waals surface area contributed by atoms with Crippen LogP contribution in [0.15, 0.2) is 55.1 Å². The van der Waals surface area contributed by atoms with E-state index in [-0.39, 0.29) is 5.91 Å². The normalized spacial score (nSPS) is 14.5. The molecule has 0 atom stereocenters. The smallest absolute Gasteiger partial charge is 0.255 e. The van der Waals surface area contributed by atoms with Crippen molar-refractivity contribution in [1.29, 1.82) is 0 Å². The maximum atomic E-state index is 13.0. The summed E-state index contributed by atoms with van der Waals surface area (Å²) in [5, 5.41) is 7.21. The molecule has 31 heavy (non-hydrogen) atoms. The van der Waals surface area contributed by atoms with Crippen molar-refractivity contribution in [2.45, 2.75) is 19.4 Å². The standard InChI is InChI=1S/C22H26FN7O/c23-19-14-24-22(25-15-19)29-12-10-28(11-13-29)8-4-5-9-30-17-20(16-26-30)27-21(31)18-6-2-1-3-7-18/h1-3,6-7,14-17H,4-5,8-13H2,(H,27,31). The van der Waals surface area contributed by atoms with Crippen molar-refractivity contribution in [3.05, 3.63) is 66.5 Å². The molecule has 1 aliphatic heterocycles. The largest absolute Gasteiger partial charge is 0.338 e. The van der Waals surface area contributed by atoms with E-state index in [4.69, 9.17) is 0 Å². The van der Waals surface area contributed by atoms with Crippen molar-refractivity contribution < 1.29 is 9.18 Å². The highest BCUT2D eigenvalue weighted by atomic mass is 19.1. The van der Waals surface area contributed by atoms with Crippen LogP contribution in [0.3, 0.4) is 0 Å². The molecule has 1 amide bonds. The summed E-state index contributed by atoms with van der Waals surface area (Å²) in [6.45, 7) is 5.41. The number of benzene rings is 1. The van der Waals surface area contributed by atoms with Crippen LogP contribution in [0.25, 0.3) is 0 Å². The molecule has 3 heterocycles. The number of carbonyl (C=O) groups excluding carboxylic acids is 1. The molecule has 0 bridgehead atoms. The summed E-state index contributed by atoms with van der Waals surface area (Å²) in [5.74, 6) is 0.0467. The number of nitrogens with zero attached hydrogens (tertiary/aromatic N) is 6. The number of piperazine rings is 1. The van der Waals surface area contributed by atoms with E-state index in [0.717, 1.165) is 52.1 Å². The molecule has 0 spiro atoms. The van der Waals surface area contributed by atoms with Crippen molar-refractivity contribution in [3.63, 3.8) is 0 Å². The minimum atomic E-state index is -0.412.